The zero-order valence-corrected chi connectivity index (χ0v) is 19.4. The maximum atomic E-state index is 12.0. The van der Waals surface area contributed by atoms with Crippen molar-refractivity contribution in [2.75, 3.05) is 40.5 Å². The molecule has 2 aliphatic heterocycles. The minimum Gasteiger partial charge on any atom is -0.493 e. The molecule has 0 radical (unpaired) electrons. The lowest BCUT2D eigenvalue weighted by Crippen LogP contribution is -2.35. The molecule has 8 heteroatoms. The fourth-order valence-electron chi connectivity index (χ4n) is 4.24. The van der Waals surface area contributed by atoms with E-state index in [-0.39, 0.29) is 37.7 Å². The molecule has 1 atom stereocenters. The smallest absolute Gasteiger partial charge is 0.327 e. The number of benzene rings is 2. The number of rotatable bonds is 10. The Balaban J connectivity index is 1.34. The van der Waals surface area contributed by atoms with E-state index in [0.29, 0.717) is 18.0 Å². The van der Waals surface area contributed by atoms with Crippen LogP contribution in [-0.4, -0.2) is 62.2 Å². The monoisotopic (exact) mass is 453 g/mol. The third kappa shape index (κ3) is 5.06. The van der Waals surface area contributed by atoms with Gasteiger partial charge >= 0.3 is 6.03 Å². The molecule has 176 valence electrons. The first kappa shape index (κ1) is 22.9. The second kappa shape index (κ2) is 10.1. The highest BCUT2D eigenvalue weighted by atomic mass is 16.5. The number of methoxy groups -OCH3 is 1. The molecule has 0 saturated carbocycles. The number of ether oxygens (including phenoxy) is 3. The largest absolute Gasteiger partial charge is 0.493 e. The van der Waals surface area contributed by atoms with Gasteiger partial charge in [-0.3, -0.25) is 9.69 Å². The standard InChI is InChI=1S/C25H31N3O5/c1-4-20(18-6-8-21-19(14-18)9-11-32-21)26-15-17-5-7-22(23(13-17)31-3)33-12-10-28-24(29)16-27(2)25(28)30/h5-8,13-14,20,26H,4,9-12,15-16H2,1-3H3. The summed E-state index contributed by atoms with van der Waals surface area (Å²) in [6.45, 7) is 4.15. The van der Waals surface area contributed by atoms with E-state index in [1.165, 1.54) is 20.9 Å². The van der Waals surface area contributed by atoms with Crippen LogP contribution < -0.4 is 19.5 Å². The van der Waals surface area contributed by atoms with Crippen LogP contribution in [0, 0.1) is 0 Å². The predicted octanol–water partition coefficient (Wildman–Crippen LogP) is 3.14. The molecule has 33 heavy (non-hydrogen) atoms. The average molecular weight is 454 g/mol. The van der Waals surface area contributed by atoms with Crippen LogP contribution >= 0.6 is 0 Å². The van der Waals surface area contributed by atoms with Gasteiger partial charge in [-0.05, 0) is 41.3 Å². The zero-order chi connectivity index (χ0) is 23.4. The molecule has 2 aromatic carbocycles. The lowest BCUT2D eigenvalue weighted by Gasteiger charge is -2.19. The molecule has 8 nitrogen and oxygen atoms in total. The van der Waals surface area contributed by atoms with Crippen LogP contribution in [-0.2, 0) is 17.8 Å². The molecule has 1 saturated heterocycles. The molecule has 0 bridgehead atoms. The van der Waals surface area contributed by atoms with E-state index in [1.807, 2.05) is 18.2 Å². The SMILES string of the molecule is CCC(NCc1ccc(OCCN2C(=O)CN(C)C2=O)c(OC)c1)c1ccc2c(c1)CCO2. The van der Waals surface area contributed by atoms with Gasteiger partial charge in [-0.2, -0.15) is 0 Å². The molecule has 0 aromatic heterocycles. The van der Waals surface area contributed by atoms with Gasteiger partial charge in [0, 0.05) is 26.1 Å². The van der Waals surface area contributed by atoms with E-state index in [0.717, 1.165) is 30.8 Å². The summed E-state index contributed by atoms with van der Waals surface area (Å²) in [5.41, 5.74) is 3.62. The summed E-state index contributed by atoms with van der Waals surface area (Å²) >= 11 is 0. The first-order valence-electron chi connectivity index (χ1n) is 11.3. The Morgan fingerprint density at radius 3 is 2.73 bits per heavy atom. The summed E-state index contributed by atoms with van der Waals surface area (Å²) in [6, 6.07) is 12.2. The summed E-state index contributed by atoms with van der Waals surface area (Å²) in [4.78, 5) is 26.5. The van der Waals surface area contributed by atoms with Crippen molar-refractivity contribution < 1.29 is 23.8 Å². The van der Waals surface area contributed by atoms with Gasteiger partial charge in [0.2, 0.25) is 5.91 Å². The zero-order valence-electron chi connectivity index (χ0n) is 19.4. The topological polar surface area (TPSA) is 80.3 Å². The van der Waals surface area contributed by atoms with Gasteiger partial charge in [-0.1, -0.05) is 25.1 Å². The number of nitrogens with one attached hydrogen (secondary N) is 1. The van der Waals surface area contributed by atoms with Crippen LogP contribution in [0.15, 0.2) is 36.4 Å². The molecular formula is C25H31N3O5. The number of amides is 3. The van der Waals surface area contributed by atoms with Gasteiger partial charge in [-0.25, -0.2) is 4.79 Å². The summed E-state index contributed by atoms with van der Waals surface area (Å²) in [6.07, 6.45) is 1.94. The number of carbonyl (C=O) groups excluding carboxylic acids is 2. The molecule has 0 aliphatic carbocycles. The summed E-state index contributed by atoms with van der Waals surface area (Å²) in [7, 11) is 3.21. The number of hydrogen-bond donors (Lipinski definition) is 1. The maximum absolute atomic E-state index is 12.0. The molecule has 2 aromatic rings. The molecule has 2 heterocycles. The van der Waals surface area contributed by atoms with Crippen molar-refractivity contribution in [1.29, 1.82) is 0 Å². The van der Waals surface area contributed by atoms with Gasteiger partial charge in [0.15, 0.2) is 11.5 Å². The van der Waals surface area contributed by atoms with Crippen LogP contribution in [0.1, 0.15) is 36.1 Å². The highest BCUT2D eigenvalue weighted by molar-refractivity contribution is 6.01. The van der Waals surface area contributed by atoms with E-state index in [2.05, 4.69) is 30.4 Å². The molecule has 3 amide bonds. The summed E-state index contributed by atoms with van der Waals surface area (Å²) in [5, 5.41) is 3.63. The van der Waals surface area contributed by atoms with Crippen LogP contribution in [0.3, 0.4) is 0 Å². The molecule has 1 N–H and O–H groups in total. The van der Waals surface area contributed by atoms with Crippen LogP contribution in [0.25, 0.3) is 0 Å². The second-order valence-corrected chi connectivity index (χ2v) is 8.33. The maximum Gasteiger partial charge on any atom is 0.327 e. The fourth-order valence-corrected chi connectivity index (χ4v) is 4.24. The van der Waals surface area contributed by atoms with Crippen molar-refractivity contribution in [2.45, 2.75) is 32.4 Å². The van der Waals surface area contributed by atoms with Crippen molar-refractivity contribution in [1.82, 2.24) is 15.1 Å². The van der Waals surface area contributed by atoms with Crippen molar-refractivity contribution in [2.24, 2.45) is 0 Å². The third-order valence-corrected chi connectivity index (χ3v) is 6.11. The number of imide groups is 1. The molecule has 1 unspecified atom stereocenters. The lowest BCUT2D eigenvalue weighted by atomic mass is 10.0. The van der Waals surface area contributed by atoms with E-state index < -0.39 is 0 Å². The van der Waals surface area contributed by atoms with Gasteiger partial charge in [-0.15, -0.1) is 0 Å². The van der Waals surface area contributed by atoms with Crippen molar-refractivity contribution in [3.63, 3.8) is 0 Å². The molecule has 0 spiro atoms. The molecule has 1 fully saturated rings. The predicted molar refractivity (Wildman–Crippen MR) is 124 cm³/mol. The fraction of sp³-hybridized carbons (Fsp3) is 0.440. The number of carbonyl (C=O) groups is 2. The number of urea groups is 1. The number of likely N-dealkylation sites (N-methyl/N-ethyl adjacent to an activating group) is 1. The van der Waals surface area contributed by atoms with Crippen LogP contribution in [0.5, 0.6) is 17.2 Å². The third-order valence-electron chi connectivity index (χ3n) is 6.11. The minimum absolute atomic E-state index is 0.113. The van der Waals surface area contributed by atoms with Gasteiger partial charge in [0.1, 0.15) is 18.9 Å². The number of hydrogen-bond acceptors (Lipinski definition) is 6. The van der Waals surface area contributed by atoms with Gasteiger partial charge in [0.05, 0.1) is 20.3 Å². The Bertz CT molecular complexity index is 1030. The first-order valence-corrected chi connectivity index (χ1v) is 11.3. The second-order valence-electron chi connectivity index (χ2n) is 8.33. The Morgan fingerprint density at radius 2 is 2.00 bits per heavy atom. The molecular weight excluding hydrogens is 422 g/mol. The summed E-state index contributed by atoms with van der Waals surface area (Å²) < 4.78 is 16.9. The van der Waals surface area contributed by atoms with Crippen molar-refractivity contribution in [3.05, 3.63) is 53.1 Å². The first-order chi connectivity index (χ1) is 16.0. The average Bonchev–Trinajstić information content (AvgIpc) is 3.39. The van der Waals surface area contributed by atoms with E-state index in [4.69, 9.17) is 14.2 Å². The number of fused-ring (bicyclic) bond motifs is 1. The van der Waals surface area contributed by atoms with E-state index in [9.17, 15) is 9.59 Å². The van der Waals surface area contributed by atoms with Crippen LogP contribution in [0.4, 0.5) is 4.79 Å². The Kier molecular flexibility index (Phi) is 7.03. The lowest BCUT2D eigenvalue weighted by molar-refractivity contribution is -0.125. The highest BCUT2D eigenvalue weighted by Gasteiger charge is 2.33. The number of nitrogens with zero attached hydrogens (tertiary/aromatic N) is 2. The van der Waals surface area contributed by atoms with Gasteiger partial charge < -0.3 is 24.4 Å². The van der Waals surface area contributed by atoms with E-state index >= 15 is 0 Å². The molecule has 4 rings (SSSR count). The quantitative estimate of drug-likeness (QED) is 0.557. The Hall–Kier alpha value is -3.26. The Morgan fingerprint density at radius 1 is 1.15 bits per heavy atom. The van der Waals surface area contributed by atoms with Crippen molar-refractivity contribution in [3.8, 4) is 17.2 Å². The van der Waals surface area contributed by atoms with Crippen LogP contribution in [0.2, 0.25) is 0 Å². The summed E-state index contributed by atoms with van der Waals surface area (Å²) in [5.74, 6) is 1.99. The van der Waals surface area contributed by atoms with E-state index in [1.54, 1.807) is 14.2 Å². The van der Waals surface area contributed by atoms with Crippen molar-refractivity contribution >= 4 is 11.9 Å². The van der Waals surface area contributed by atoms with Gasteiger partial charge in [0.25, 0.3) is 0 Å². The minimum atomic E-state index is -0.293. The highest BCUT2D eigenvalue weighted by Crippen LogP contribution is 2.31. The molecule has 2 aliphatic rings. The normalized spacial score (nSPS) is 16.1. The Labute approximate surface area is 194 Å².